The average molecular weight is 418 g/mol. The maximum atomic E-state index is 12.8. The molecule has 1 amide bonds. The topological polar surface area (TPSA) is 89.4 Å². The van der Waals surface area contributed by atoms with Crippen LogP contribution >= 0.6 is 0 Å². The SMILES string of the molecule is Cc1ccc(S(=O)(=O)N2CC[NH+](CC(=O)Nc3ccc4c(c3)OCO4)CC2)cc1. The zero-order valence-electron chi connectivity index (χ0n) is 16.2. The zero-order chi connectivity index (χ0) is 20.4. The third kappa shape index (κ3) is 4.36. The van der Waals surface area contributed by atoms with Gasteiger partial charge >= 0.3 is 0 Å². The van der Waals surface area contributed by atoms with E-state index in [0.717, 1.165) is 10.5 Å². The van der Waals surface area contributed by atoms with E-state index in [1.165, 1.54) is 4.31 Å². The van der Waals surface area contributed by atoms with Gasteiger partial charge in [-0.05, 0) is 31.2 Å². The second-order valence-electron chi connectivity index (χ2n) is 7.26. The van der Waals surface area contributed by atoms with Crippen molar-refractivity contribution in [2.75, 3.05) is 44.8 Å². The van der Waals surface area contributed by atoms with Gasteiger partial charge in [0.25, 0.3) is 5.91 Å². The zero-order valence-corrected chi connectivity index (χ0v) is 17.0. The van der Waals surface area contributed by atoms with Crippen molar-refractivity contribution >= 4 is 21.6 Å². The molecule has 1 saturated heterocycles. The highest BCUT2D eigenvalue weighted by molar-refractivity contribution is 7.89. The number of fused-ring (bicyclic) bond motifs is 1. The Bertz CT molecular complexity index is 999. The largest absolute Gasteiger partial charge is 0.454 e. The summed E-state index contributed by atoms with van der Waals surface area (Å²) in [6.07, 6.45) is 0. The van der Waals surface area contributed by atoms with Crippen LogP contribution in [-0.4, -0.2) is 58.1 Å². The maximum absolute atomic E-state index is 12.8. The Hall–Kier alpha value is -2.62. The minimum absolute atomic E-state index is 0.117. The van der Waals surface area contributed by atoms with Crippen LogP contribution in [0.5, 0.6) is 11.5 Å². The molecule has 2 aromatic rings. The molecule has 0 saturated carbocycles. The molecule has 0 aromatic heterocycles. The summed E-state index contributed by atoms with van der Waals surface area (Å²) >= 11 is 0. The summed E-state index contributed by atoms with van der Waals surface area (Å²) in [6.45, 7) is 4.34. The summed E-state index contributed by atoms with van der Waals surface area (Å²) in [4.78, 5) is 13.7. The fourth-order valence-corrected chi connectivity index (χ4v) is 4.93. The molecule has 0 radical (unpaired) electrons. The van der Waals surface area contributed by atoms with Crippen molar-refractivity contribution in [1.82, 2.24) is 4.31 Å². The normalized spacial score (nSPS) is 17.3. The Balaban J connectivity index is 1.30. The van der Waals surface area contributed by atoms with E-state index in [1.54, 1.807) is 42.5 Å². The van der Waals surface area contributed by atoms with Crippen molar-refractivity contribution in [3.63, 3.8) is 0 Å². The fraction of sp³-hybridized carbons (Fsp3) is 0.350. The van der Waals surface area contributed by atoms with Crippen LogP contribution in [0.2, 0.25) is 0 Å². The number of aryl methyl sites for hydroxylation is 1. The number of hydrogen-bond acceptors (Lipinski definition) is 5. The lowest BCUT2D eigenvalue weighted by molar-refractivity contribution is -0.895. The van der Waals surface area contributed by atoms with Crippen molar-refractivity contribution in [1.29, 1.82) is 0 Å². The molecule has 0 aliphatic carbocycles. The third-order valence-electron chi connectivity index (χ3n) is 5.16. The Kier molecular flexibility index (Phi) is 5.44. The van der Waals surface area contributed by atoms with Crippen molar-refractivity contribution in [2.24, 2.45) is 0 Å². The molecule has 154 valence electrons. The molecule has 0 atom stereocenters. The van der Waals surface area contributed by atoms with E-state index in [4.69, 9.17) is 9.47 Å². The van der Waals surface area contributed by atoms with Crippen molar-refractivity contribution in [3.8, 4) is 11.5 Å². The molecule has 1 fully saturated rings. The molecule has 2 aliphatic heterocycles. The molecule has 9 heteroatoms. The molecule has 0 unspecified atom stereocenters. The van der Waals surface area contributed by atoms with Gasteiger partial charge in [0.15, 0.2) is 18.0 Å². The van der Waals surface area contributed by atoms with Gasteiger partial charge in [-0.3, -0.25) is 4.79 Å². The van der Waals surface area contributed by atoms with Crippen LogP contribution in [0.15, 0.2) is 47.4 Å². The number of sulfonamides is 1. The number of benzene rings is 2. The summed E-state index contributed by atoms with van der Waals surface area (Å²) in [6, 6.07) is 12.2. The average Bonchev–Trinajstić information content (AvgIpc) is 3.16. The first-order valence-corrected chi connectivity index (χ1v) is 11.0. The number of nitrogens with one attached hydrogen (secondary N) is 2. The van der Waals surface area contributed by atoms with Gasteiger partial charge in [0.1, 0.15) is 0 Å². The van der Waals surface area contributed by atoms with Crippen LogP contribution in [0.25, 0.3) is 0 Å². The molecule has 4 rings (SSSR count). The van der Waals surface area contributed by atoms with E-state index in [-0.39, 0.29) is 19.2 Å². The number of ether oxygens (including phenoxy) is 2. The number of quaternary nitrogens is 1. The standard InChI is InChI=1S/C20H23N3O5S/c1-15-2-5-17(6-3-15)29(25,26)23-10-8-22(9-11-23)13-20(24)21-16-4-7-18-19(12-16)28-14-27-18/h2-7,12H,8-11,13-14H2,1H3,(H,21,24)/p+1. The Morgan fingerprint density at radius 2 is 1.76 bits per heavy atom. The molecule has 2 aliphatic rings. The van der Waals surface area contributed by atoms with E-state index < -0.39 is 10.0 Å². The lowest BCUT2D eigenvalue weighted by Gasteiger charge is -2.31. The molecule has 0 bridgehead atoms. The molecule has 0 spiro atoms. The molecule has 8 nitrogen and oxygen atoms in total. The lowest BCUT2D eigenvalue weighted by atomic mass is 10.2. The summed E-state index contributed by atoms with van der Waals surface area (Å²) < 4.78 is 37.6. The van der Waals surface area contributed by atoms with E-state index >= 15 is 0 Å². The number of piperazine rings is 1. The van der Waals surface area contributed by atoms with Gasteiger partial charge in [0.05, 0.1) is 31.1 Å². The van der Waals surface area contributed by atoms with Gasteiger partial charge in [-0.2, -0.15) is 4.31 Å². The predicted octanol–water partition coefficient (Wildman–Crippen LogP) is 0.252. The molecule has 29 heavy (non-hydrogen) atoms. The monoisotopic (exact) mass is 418 g/mol. The van der Waals surface area contributed by atoms with Crippen molar-refractivity contribution in [2.45, 2.75) is 11.8 Å². The maximum Gasteiger partial charge on any atom is 0.279 e. The quantitative estimate of drug-likeness (QED) is 0.727. The summed E-state index contributed by atoms with van der Waals surface area (Å²) in [7, 11) is -3.49. The lowest BCUT2D eigenvalue weighted by Crippen LogP contribution is -3.15. The number of hydrogen-bond donors (Lipinski definition) is 2. The fourth-order valence-electron chi connectivity index (χ4n) is 3.49. The van der Waals surface area contributed by atoms with Crippen LogP contribution in [0.1, 0.15) is 5.56 Å². The van der Waals surface area contributed by atoms with Crippen molar-refractivity contribution < 1.29 is 27.6 Å². The van der Waals surface area contributed by atoms with Crippen LogP contribution in [-0.2, 0) is 14.8 Å². The van der Waals surface area contributed by atoms with Gasteiger partial charge < -0.3 is 19.7 Å². The van der Waals surface area contributed by atoms with Crippen LogP contribution in [0.4, 0.5) is 5.69 Å². The first-order chi connectivity index (χ1) is 13.9. The van der Waals surface area contributed by atoms with E-state index in [2.05, 4.69) is 5.32 Å². The van der Waals surface area contributed by atoms with Crippen LogP contribution < -0.4 is 19.7 Å². The van der Waals surface area contributed by atoms with Crippen molar-refractivity contribution in [3.05, 3.63) is 48.0 Å². The Morgan fingerprint density at radius 3 is 2.48 bits per heavy atom. The predicted molar refractivity (Wildman–Crippen MR) is 107 cm³/mol. The van der Waals surface area contributed by atoms with E-state index in [1.807, 2.05) is 6.92 Å². The summed E-state index contributed by atoms with van der Waals surface area (Å²) in [5.74, 6) is 1.17. The minimum atomic E-state index is -3.49. The van der Waals surface area contributed by atoms with Gasteiger partial charge in [-0.15, -0.1) is 0 Å². The van der Waals surface area contributed by atoms with Gasteiger partial charge in [-0.1, -0.05) is 17.7 Å². The van der Waals surface area contributed by atoms with Crippen LogP contribution in [0, 0.1) is 6.92 Å². The van der Waals surface area contributed by atoms with E-state index in [0.29, 0.717) is 48.3 Å². The number of amides is 1. The van der Waals surface area contributed by atoms with Gasteiger partial charge in [0, 0.05) is 11.8 Å². The van der Waals surface area contributed by atoms with Crippen LogP contribution in [0.3, 0.4) is 0 Å². The molecular weight excluding hydrogens is 394 g/mol. The first-order valence-electron chi connectivity index (χ1n) is 9.52. The summed E-state index contributed by atoms with van der Waals surface area (Å²) in [5.41, 5.74) is 1.67. The highest BCUT2D eigenvalue weighted by Gasteiger charge is 2.31. The number of anilines is 1. The van der Waals surface area contributed by atoms with Gasteiger partial charge in [-0.25, -0.2) is 8.42 Å². The molecule has 2 heterocycles. The number of nitrogens with zero attached hydrogens (tertiary/aromatic N) is 1. The highest BCUT2D eigenvalue weighted by Crippen LogP contribution is 2.34. The molecular formula is C20H24N3O5S+. The second-order valence-corrected chi connectivity index (χ2v) is 9.20. The highest BCUT2D eigenvalue weighted by atomic mass is 32.2. The smallest absolute Gasteiger partial charge is 0.279 e. The number of carbonyl (C=O) groups excluding carboxylic acids is 1. The molecule has 2 N–H and O–H groups in total. The Morgan fingerprint density at radius 1 is 1.07 bits per heavy atom. The number of carbonyl (C=O) groups is 1. The van der Waals surface area contributed by atoms with Gasteiger partial charge in [0.2, 0.25) is 16.8 Å². The van der Waals surface area contributed by atoms with E-state index in [9.17, 15) is 13.2 Å². The molecule has 2 aromatic carbocycles. The third-order valence-corrected chi connectivity index (χ3v) is 7.07. The minimum Gasteiger partial charge on any atom is -0.454 e. The second kappa shape index (κ2) is 8.02. The number of rotatable bonds is 5. The Labute approximate surface area is 170 Å². The first kappa shape index (κ1) is 19.7. The summed E-state index contributed by atoms with van der Waals surface area (Å²) in [5, 5.41) is 2.86.